The minimum atomic E-state index is -0.0383. The summed E-state index contributed by atoms with van der Waals surface area (Å²) in [6.45, 7) is 1.36. The van der Waals surface area contributed by atoms with E-state index in [0.717, 1.165) is 48.7 Å². The molecule has 1 aromatic carbocycles. The number of hydrogen-bond donors (Lipinski definition) is 1. The third-order valence-electron chi connectivity index (χ3n) is 4.65. The first kappa shape index (κ1) is 16.5. The number of nitrogens with one attached hydrogen (secondary N) is 1. The third kappa shape index (κ3) is 3.66. The Morgan fingerprint density at radius 3 is 2.88 bits per heavy atom. The van der Waals surface area contributed by atoms with E-state index >= 15 is 0 Å². The summed E-state index contributed by atoms with van der Waals surface area (Å²) in [5.74, 6) is 1.84. The lowest BCUT2D eigenvalue weighted by Gasteiger charge is -2.08. The van der Waals surface area contributed by atoms with E-state index in [1.807, 2.05) is 36.5 Å². The van der Waals surface area contributed by atoms with Crippen molar-refractivity contribution in [2.45, 2.75) is 45.2 Å². The van der Waals surface area contributed by atoms with Crippen molar-refractivity contribution in [3.8, 4) is 5.69 Å². The van der Waals surface area contributed by atoms with Gasteiger partial charge < -0.3 is 9.88 Å². The van der Waals surface area contributed by atoms with Gasteiger partial charge in [-0.25, -0.2) is 4.68 Å². The molecular formula is C19H22N6O. The normalized spacial score (nSPS) is 13.8. The van der Waals surface area contributed by atoms with E-state index in [1.54, 1.807) is 10.9 Å². The van der Waals surface area contributed by atoms with Crippen molar-refractivity contribution >= 4 is 5.91 Å². The summed E-state index contributed by atoms with van der Waals surface area (Å²) in [4.78, 5) is 12.3. The molecule has 1 amide bonds. The van der Waals surface area contributed by atoms with E-state index in [0.29, 0.717) is 13.0 Å². The minimum Gasteiger partial charge on any atom is -0.349 e. The van der Waals surface area contributed by atoms with Crippen molar-refractivity contribution in [2.75, 3.05) is 0 Å². The average Bonchev–Trinajstić information content (AvgIpc) is 3.21. The Kier molecular flexibility index (Phi) is 4.77. The second kappa shape index (κ2) is 7.51. The first-order chi connectivity index (χ1) is 12.8. The molecule has 3 aromatic rings. The van der Waals surface area contributed by atoms with E-state index in [9.17, 15) is 4.79 Å². The molecule has 0 spiro atoms. The Morgan fingerprint density at radius 2 is 2.00 bits per heavy atom. The van der Waals surface area contributed by atoms with Gasteiger partial charge in [0.1, 0.15) is 5.82 Å². The lowest BCUT2D eigenvalue weighted by molar-refractivity contribution is -0.120. The zero-order valence-corrected chi connectivity index (χ0v) is 14.6. The molecule has 7 heteroatoms. The van der Waals surface area contributed by atoms with E-state index < -0.39 is 0 Å². The smallest absolute Gasteiger partial charge is 0.224 e. The molecule has 1 N–H and O–H groups in total. The predicted octanol–water partition coefficient (Wildman–Crippen LogP) is 2.05. The maximum absolute atomic E-state index is 12.3. The summed E-state index contributed by atoms with van der Waals surface area (Å²) >= 11 is 0. The number of para-hydroxylation sites is 1. The number of nitrogens with zero attached hydrogens (tertiary/aromatic N) is 5. The molecule has 134 valence electrons. The summed E-state index contributed by atoms with van der Waals surface area (Å²) < 4.78 is 3.93. The maximum atomic E-state index is 12.3. The molecule has 0 saturated carbocycles. The molecule has 7 nitrogen and oxygen atoms in total. The van der Waals surface area contributed by atoms with Crippen LogP contribution in [0.4, 0.5) is 0 Å². The van der Waals surface area contributed by atoms with Gasteiger partial charge in [-0.3, -0.25) is 4.79 Å². The van der Waals surface area contributed by atoms with Crippen LogP contribution in [0.5, 0.6) is 0 Å². The first-order valence-electron chi connectivity index (χ1n) is 9.06. The first-order valence-corrected chi connectivity index (χ1v) is 9.06. The highest BCUT2D eigenvalue weighted by Crippen LogP contribution is 2.14. The number of benzene rings is 1. The molecule has 4 rings (SSSR count). The van der Waals surface area contributed by atoms with Crippen molar-refractivity contribution in [3.63, 3.8) is 0 Å². The van der Waals surface area contributed by atoms with Crippen molar-refractivity contribution in [3.05, 3.63) is 59.9 Å². The molecule has 26 heavy (non-hydrogen) atoms. The van der Waals surface area contributed by atoms with Gasteiger partial charge in [0.05, 0.1) is 24.8 Å². The number of aryl methyl sites for hydroxylation is 1. The predicted molar refractivity (Wildman–Crippen MR) is 96.7 cm³/mol. The minimum absolute atomic E-state index is 0.0383. The highest BCUT2D eigenvalue weighted by molar-refractivity contribution is 5.78. The molecular weight excluding hydrogens is 328 g/mol. The van der Waals surface area contributed by atoms with Gasteiger partial charge in [-0.15, -0.1) is 10.2 Å². The molecule has 0 aliphatic carbocycles. The average molecular weight is 350 g/mol. The molecule has 1 aliphatic rings. The summed E-state index contributed by atoms with van der Waals surface area (Å²) in [6.07, 6.45) is 8.42. The molecule has 0 radical (unpaired) electrons. The largest absolute Gasteiger partial charge is 0.349 e. The SMILES string of the molecule is O=C(Cc1cnn(-c2ccccc2)c1)NCc1nnc2n1CCCCC2. The van der Waals surface area contributed by atoms with Crippen LogP contribution >= 0.6 is 0 Å². The summed E-state index contributed by atoms with van der Waals surface area (Å²) in [5, 5.41) is 15.8. The van der Waals surface area contributed by atoms with Crippen LogP contribution < -0.4 is 5.32 Å². The summed E-state index contributed by atoms with van der Waals surface area (Å²) in [5.41, 5.74) is 1.86. The fraction of sp³-hybridized carbons (Fsp3) is 0.368. The topological polar surface area (TPSA) is 77.6 Å². The van der Waals surface area contributed by atoms with Gasteiger partial charge in [-0.2, -0.15) is 5.10 Å². The van der Waals surface area contributed by atoms with Crippen LogP contribution in [0, 0.1) is 0 Å². The molecule has 0 unspecified atom stereocenters. The molecule has 2 aromatic heterocycles. The fourth-order valence-electron chi connectivity index (χ4n) is 3.27. The van der Waals surface area contributed by atoms with Gasteiger partial charge in [-0.1, -0.05) is 24.6 Å². The molecule has 0 saturated heterocycles. The second-order valence-electron chi connectivity index (χ2n) is 6.58. The van der Waals surface area contributed by atoms with Gasteiger partial charge in [0.25, 0.3) is 0 Å². The van der Waals surface area contributed by atoms with E-state index in [-0.39, 0.29) is 5.91 Å². The van der Waals surface area contributed by atoms with Crippen molar-refractivity contribution in [1.82, 2.24) is 29.9 Å². The van der Waals surface area contributed by atoms with Crippen molar-refractivity contribution in [1.29, 1.82) is 0 Å². The third-order valence-corrected chi connectivity index (χ3v) is 4.65. The van der Waals surface area contributed by atoms with E-state index in [4.69, 9.17) is 0 Å². The zero-order chi connectivity index (χ0) is 17.8. The number of carbonyl (C=O) groups excluding carboxylic acids is 1. The Balaban J connectivity index is 1.35. The van der Waals surface area contributed by atoms with Gasteiger partial charge in [-0.05, 0) is 30.5 Å². The standard InChI is InChI=1S/C19H22N6O/c26-19(11-15-12-21-25(14-15)16-7-3-1-4-8-16)20-13-18-23-22-17-9-5-2-6-10-24(17)18/h1,3-4,7-8,12,14H,2,5-6,9-11,13H2,(H,20,26). The zero-order valence-electron chi connectivity index (χ0n) is 14.6. The number of rotatable bonds is 5. The molecule has 1 aliphatic heterocycles. The van der Waals surface area contributed by atoms with Crippen LogP contribution in [0.3, 0.4) is 0 Å². The number of fused-ring (bicyclic) bond motifs is 1. The Labute approximate surface area is 152 Å². The van der Waals surface area contributed by atoms with Crippen molar-refractivity contribution < 1.29 is 4.79 Å². The van der Waals surface area contributed by atoms with Crippen LogP contribution in [0.25, 0.3) is 5.69 Å². The Bertz CT molecular complexity index is 883. The maximum Gasteiger partial charge on any atom is 0.224 e. The van der Waals surface area contributed by atoms with Crippen LogP contribution in [0.1, 0.15) is 36.5 Å². The number of amides is 1. The lowest BCUT2D eigenvalue weighted by Crippen LogP contribution is -2.26. The monoisotopic (exact) mass is 350 g/mol. The summed E-state index contributed by atoms with van der Waals surface area (Å²) in [6, 6.07) is 9.85. The molecule has 0 bridgehead atoms. The number of hydrogen-bond acceptors (Lipinski definition) is 4. The van der Waals surface area contributed by atoms with Crippen LogP contribution in [-0.4, -0.2) is 30.5 Å². The Morgan fingerprint density at radius 1 is 1.12 bits per heavy atom. The highest BCUT2D eigenvalue weighted by Gasteiger charge is 2.15. The van der Waals surface area contributed by atoms with E-state index in [1.165, 1.54) is 6.42 Å². The quantitative estimate of drug-likeness (QED) is 0.764. The number of aromatic nitrogens is 5. The summed E-state index contributed by atoms with van der Waals surface area (Å²) in [7, 11) is 0. The number of carbonyl (C=O) groups is 1. The molecule has 3 heterocycles. The van der Waals surface area contributed by atoms with Crippen molar-refractivity contribution in [2.24, 2.45) is 0 Å². The highest BCUT2D eigenvalue weighted by atomic mass is 16.1. The van der Waals surface area contributed by atoms with Gasteiger partial charge in [0.15, 0.2) is 5.82 Å². The van der Waals surface area contributed by atoms with Gasteiger partial charge in [0.2, 0.25) is 5.91 Å². The molecule has 0 fully saturated rings. The second-order valence-corrected chi connectivity index (χ2v) is 6.58. The van der Waals surface area contributed by atoms with Crippen LogP contribution in [-0.2, 0) is 30.7 Å². The lowest BCUT2D eigenvalue weighted by atomic mass is 10.2. The Hall–Kier alpha value is -2.96. The van der Waals surface area contributed by atoms with Crippen LogP contribution in [0.2, 0.25) is 0 Å². The molecule has 0 atom stereocenters. The van der Waals surface area contributed by atoms with Gasteiger partial charge in [0, 0.05) is 19.2 Å². The van der Waals surface area contributed by atoms with Gasteiger partial charge >= 0.3 is 0 Å². The van der Waals surface area contributed by atoms with E-state index in [2.05, 4.69) is 25.2 Å². The van der Waals surface area contributed by atoms with Crippen LogP contribution in [0.15, 0.2) is 42.7 Å². The fourth-order valence-corrected chi connectivity index (χ4v) is 3.27.